The van der Waals surface area contributed by atoms with E-state index in [1.54, 1.807) is 7.05 Å². The van der Waals surface area contributed by atoms with Crippen LogP contribution >= 0.6 is 0 Å². The fourth-order valence-corrected chi connectivity index (χ4v) is 3.55. The minimum absolute atomic E-state index is 0.0102. The van der Waals surface area contributed by atoms with E-state index in [0.717, 1.165) is 38.5 Å². The normalized spacial score (nSPS) is 34.6. The first kappa shape index (κ1) is 15.3. The number of nitrogens with one attached hydrogen (secondary N) is 1. The van der Waals surface area contributed by atoms with E-state index in [0.29, 0.717) is 12.5 Å². The summed E-state index contributed by atoms with van der Waals surface area (Å²) in [6.07, 6.45) is 5.56. The molecule has 2 fully saturated rings. The Labute approximate surface area is 121 Å². The number of rotatable bonds is 2. The Morgan fingerprint density at radius 1 is 1.20 bits per heavy atom. The van der Waals surface area contributed by atoms with Gasteiger partial charge in [-0.05, 0) is 44.4 Å². The van der Waals surface area contributed by atoms with Crippen molar-refractivity contribution < 1.29 is 9.59 Å². The Bertz CT molecular complexity index is 372. The first-order chi connectivity index (χ1) is 9.54. The van der Waals surface area contributed by atoms with Gasteiger partial charge in [0.2, 0.25) is 11.8 Å². The van der Waals surface area contributed by atoms with Crippen molar-refractivity contribution in [3.8, 4) is 0 Å². The molecule has 1 saturated carbocycles. The summed E-state index contributed by atoms with van der Waals surface area (Å²) >= 11 is 0. The third-order valence-corrected chi connectivity index (χ3v) is 4.89. The highest BCUT2D eigenvalue weighted by atomic mass is 16.2. The minimum atomic E-state index is -0.286. The molecule has 0 radical (unpaired) electrons. The molecule has 5 heteroatoms. The summed E-state index contributed by atoms with van der Waals surface area (Å²) in [5.41, 5.74) is 6.03. The quantitative estimate of drug-likeness (QED) is 0.789. The molecule has 5 nitrogen and oxygen atoms in total. The highest BCUT2D eigenvalue weighted by molar-refractivity contribution is 5.88. The Kier molecular flexibility index (Phi) is 5.02. The zero-order valence-corrected chi connectivity index (χ0v) is 12.6. The van der Waals surface area contributed by atoms with Crippen LogP contribution in [0.15, 0.2) is 0 Å². The molecule has 3 N–H and O–H groups in total. The van der Waals surface area contributed by atoms with Gasteiger partial charge in [0.25, 0.3) is 0 Å². The lowest BCUT2D eigenvalue weighted by molar-refractivity contribution is -0.147. The second-order valence-electron chi connectivity index (χ2n) is 6.31. The van der Waals surface area contributed by atoms with Crippen LogP contribution < -0.4 is 11.1 Å². The van der Waals surface area contributed by atoms with Crippen LogP contribution in [0.3, 0.4) is 0 Å². The lowest BCUT2D eigenvalue weighted by atomic mass is 9.77. The fourth-order valence-electron chi connectivity index (χ4n) is 3.55. The molecule has 2 rings (SSSR count). The predicted molar refractivity (Wildman–Crippen MR) is 77.9 cm³/mol. The van der Waals surface area contributed by atoms with E-state index in [4.69, 9.17) is 5.73 Å². The van der Waals surface area contributed by atoms with Crippen LogP contribution in [0.2, 0.25) is 0 Å². The summed E-state index contributed by atoms with van der Waals surface area (Å²) in [4.78, 5) is 26.6. The molecule has 4 unspecified atom stereocenters. The lowest BCUT2D eigenvalue weighted by Crippen LogP contribution is -2.54. The highest BCUT2D eigenvalue weighted by Crippen LogP contribution is 2.32. The number of hydrogen-bond acceptors (Lipinski definition) is 3. The Morgan fingerprint density at radius 3 is 2.65 bits per heavy atom. The molecular formula is C15H27N3O2. The van der Waals surface area contributed by atoms with Crippen molar-refractivity contribution in [1.29, 1.82) is 0 Å². The summed E-state index contributed by atoms with van der Waals surface area (Å²) in [5.74, 6) is 0.463. The molecular weight excluding hydrogens is 254 g/mol. The molecule has 2 amide bonds. The maximum Gasteiger partial charge on any atom is 0.242 e. The third kappa shape index (κ3) is 3.14. The second-order valence-corrected chi connectivity index (χ2v) is 6.31. The van der Waals surface area contributed by atoms with Crippen molar-refractivity contribution in [2.24, 2.45) is 17.6 Å². The van der Waals surface area contributed by atoms with Crippen LogP contribution in [0.5, 0.6) is 0 Å². The Morgan fingerprint density at radius 2 is 1.95 bits per heavy atom. The van der Waals surface area contributed by atoms with Crippen LogP contribution in [0.1, 0.15) is 45.4 Å². The maximum absolute atomic E-state index is 12.8. The molecule has 20 heavy (non-hydrogen) atoms. The topological polar surface area (TPSA) is 75.4 Å². The SMILES string of the molecule is CNC(=O)C1CCCCN1C(=O)C1CC(N)CCC1C. The summed E-state index contributed by atoms with van der Waals surface area (Å²) < 4.78 is 0. The molecule has 1 aliphatic heterocycles. The lowest BCUT2D eigenvalue weighted by Gasteiger charge is -2.40. The largest absolute Gasteiger partial charge is 0.357 e. The average Bonchev–Trinajstić information content (AvgIpc) is 2.48. The van der Waals surface area contributed by atoms with Gasteiger partial charge in [-0.25, -0.2) is 0 Å². The molecule has 1 aliphatic carbocycles. The summed E-state index contributed by atoms with van der Waals surface area (Å²) in [6, 6.07) is -0.157. The van der Waals surface area contributed by atoms with Crippen LogP contribution in [0.4, 0.5) is 0 Å². The van der Waals surface area contributed by atoms with Gasteiger partial charge in [0.1, 0.15) is 6.04 Å². The second kappa shape index (κ2) is 6.57. The molecule has 1 heterocycles. The zero-order valence-electron chi connectivity index (χ0n) is 12.6. The van der Waals surface area contributed by atoms with E-state index in [1.807, 2.05) is 4.90 Å². The minimum Gasteiger partial charge on any atom is -0.357 e. The van der Waals surface area contributed by atoms with E-state index < -0.39 is 0 Å². The van der Waals surface area contributed by atoms with Crippen molar-refractivity contribution in [2.75, 3.05) is 13.6 Å². The molecule has 0 aromatic rings. The standard InChI is InChI=1S/C15H27N3O2/c1-10-6-7-11(16)9-12(10)15(20)18-8-4-3-5-13(18)14(19)17-2/h10-13H,3-9,16H2,1-2H3,(H,17,19). The van der Waals surface area contributed by atoms with Gasteiger partial charge in [-0.15, -0.1) is 0 Å². The van der Waals surface area contributed by atoms with Crippen LogP contribution in [0.25, 0.3) is 0 Å². The van der Waals surface area contributed by atoms with E-state index in [-0.39, 0.29) is 29.8 Å². The molecule has 4 atom stereocenters. The van der Waals surface area contributed by atoms with Crippen molar-refractivity contribution >= 4 is 11.8 Å². The van der Waals surface area contributed by atoms with Gasteiger partial charge in [-0.3, -0.25) is 9.59 Å². The van der Waals surface area contributed by atoms with Crippen molar-refractivity contribution in [3.05, 3.63) is 0 Å². The number of hydrogen-bond donors (Lipinski definition) is 2. The Balaban J connectivity index is 2.10. The van der Waals surface area contributed by atoms with Crippen LogP contribution in [-0.2, 0) is 9.59 Å². The van der Waals surface area contributed by atoms with E-state index in [2.05, 4.69) is 12.2 Å². The first-order valence-corrected chi connectivity index (χ1v) is 7.82. The van der Waals surface area contributed by atoms with Gasteiger partial charge >= 0.3 is 0 Å². The monoisotopic (exact) mass is 281 g/mol. The molecule has 114 valence electrons. The number of carbonyl (C=O) groups excluding carboxylic acids is 2. The first-order valence-electron chi connectivity index (χ1n) is 7.82. The summed E-state index contributed by atoms with van der Waals surface area (Å²) in [5, 5.41) is 2.68. The van der Waals surface area contributed by atoms with Gasteiger partial charge in [0.15, 0.2) is 0 Å². The number of amides is 2. The maximum atomic E-state index is 12.8. The van der Waals surface area contributed by atoms with Crippen molar-refractivity contribution in [2.45, 2.75) is 57.5 Å². The van der Waals surface area contributed by atoms with E-state index in [9.17, 15) is 9.59 Å². The van der Waals surface area contributed by atoms with E-state index >= 15 is 0 Å². The molecule has 0 bridgehead atoms. The molecule has 1 saturated heterocycles. The summed E-state index contributed by atoms with van der Waals surface area (Å²) in [6.45, 7) is 2.84. The zero-order chi connectivity index (χ0) is 14.7. The number of nitrogens with two attached hydrogens (primary N) is 1. The number of carbonyl (C=O) groups is 2. The molecule has 0 spiro atoms. The third-order valence-electron chi connectivity index (χ3n) is 4.89. The van der Waals surface area contributed by atoms with E-state index in [1.165, 1.54) is 0 Å². The predicted octanol–water partition coefficient (Wildman–Crippen LogP) is 0.877. The van der Waals surface area contributed by atoms with Gasteiger partial charge in [0.05, 0.1) is 0 Å². The molecule has 0 aromatic heterocycles. The molecule has 2 aliphatic rings. The van der Waals surface area contributed by atoms with Gasteiger partial charge in [-0.2, -0.15) is 0 Å². The molecule has 0 aromatic carbocycles. The van der Waals surface area contributed by atoms with Crippen molar-refractivity contribution in [3.63, 3.8) is 0 Å². The number of likely N-dealkylation sites (tertiary alicyclic amines) is 1. The highest BCUT2D eigenvalue weighted by Gasteiger charge is 2.39. The van der Waals surface area contributed by atoms with Crippen molar-refractivity contribution in [1.82, 2.24) is 10.2 Å². The number of nitrogens with zero attached hydrogens (tertiary/aromatic N) is 1. The number of likely N-dealkylation sites (N-methyl/N-ethyl adjacent to an activating group) is 1. The smallest absolute Gasteiger partial charge is 0.242 e. The van der Waals surface area contributed by atoms with Gasteiger partial charge in [-0.1, -0.05) is 6.92 Å². The van der Waals surface area contributed by atoms with Crippen LogP contribution in [0, 0.1) is 11.8 Å². The average molecular weight is 281 g/mol. The van der Waals surface area contributed by atoms with Gasteiger partial charge < -0.3 is 16.0 Å². The number of piperidine rings is 1. The fraction of sp³-hybridized carbons (Fsp3) is 0.867. The van der Waals surface area contributed by atoms with Gasteiger partial charge in [0, 0.05) is 25.6 Å². The summed E-state index contributed by atoms with van der Waals surface area (Å²) in [7, 11) is 1.64. The van der Waals surface area contributed by atoms with Crippen LogP contribution in [-0.4, -0.2) is 42.4 Å². The Hall–Kier alpha value is -1.10.